The Balaban J connectivity index is 1.97. The predicted octanol–water partition coefficient (Wildman–Crippen LogP) is 5.72. The topological polar surface area (TPSA) is 45.8 Å². The summed E-state index contributed by atoms with van der Waals surface area (Å²) >= 11 is 3.66. The van der Waals surface area contributed by atoms with Crippen LogP contribution in [0.5, 0.6) is 0 Å². The predicted molar refractivity (Wildman–Crippen MR) is 107 cm³/mol. The molecule has 6 heteroatoms. The molecule has 0 radical (unpaired) electrons. The lowest BCUT2D eigenvalue weighted by atomic mass is 9.74. The molecule has 0 fully saturated rings. The molecule has 0 atom stereocenters. The van der Waals surface area contributed by atoms with Crippen LogP contribution in [0.4, 0.5) is 0 Å². The SMILES string of the molecule is CC1(C)CC(=O)c2c(SCC[Si](C)(C)C)sc(-c3ccn[nH]3)c2C1. The maximum absolute atomic E-state index is 12.8. The summed E-state index contributed by atoms with van der Waals surface area (Å²) in [6.07, 6.45) is 3.41. The molecule has 0 aromatic carbocycles. The standard InChI is InChI=1S/C18H26N2OS2Si/c1-18(2)10-12-15(14(21)11-18)17(22-8-9-24(3,4)5)23-16(12)13-6-7-19-20-13/h6-7H,8-11H2,1-5H3,(H,19,20). The lowest BCUT2D eigenvalue weighted by Crippen LogP contribution is -2.26. The van der Waals surface area contributed by atoms with Crippen molar-refractivity contribution in [3.05, 3.63) is 23.4 Å². The average Bonchev–Trinajstić information content (AvgIpc) is 3.03. The van der Waals surface area contributed by atoms with Crippen molar-refractivity contribution in [3.63, 3.8) is 0 Å². The van der Waals surface area contributed by atoms with E-state index in [4.69, 9.17) is 0 Å². The fourth-order valence-electron chi connectivity index (χ4n) is 3.11. The zero-order chi connectivity index (χ0) is 17.5. The number of aromatic amines is 1. The Bertz CT molecular complexity index is 742. The molecule has 2 aromatic heterocycles. The van der Waals surface area contributed by atoms with Crippen molar-refractivity contribution in [3.8, 4) is 10.6 Å². The van der Waals surface area contributed by atoms with Crippen LogP contribution in [-0.4, -0.2) is 29.8 Å². The van der Waals surface area contributed by atoms with Gasteiger partial charge in [0, 0.05) is 26.3 Å². The van der Waals surface area contributed by atoms with Crippen LogP contribution in [0.25, 0.3) is 10.6 Å². The number of Topliss-reactive ketones (excluding diaryl/α,β-unsaturated/α-hetero) is 1. The summed E-state index contributed by atoms with van der Waals surface area (Å²) in [6.45, 7) is 11.6. The number of hydrogen-bond acceptors (Lipinski definition) is 4. The van der Waals surface area contributed by atoms with Gasteiger partial charge in [-0.05, 0) is 35.3 Å². The third-order valence-corrected chi connectivity index (χ3v) is 9.03. The number of H-pyrrole nitrogens is 1. The minimum atomic E-state index is -1.05. The van der Waals surface area contributed by atoms with Gasteiger partial charge in [-0.2, -0.15) is 5.10 Å². The van der Waals surface area contributed by atoms with E-state index in [1.165, 1.54) is 20.7 Å². The van der Waals surface area contributed by atoms with E-state index in [1.54, 1.807) is 17.5 Å². The highest BCUT2D eigenvalue weighted by atomic mass is 32.2. The molecule has 0 saturated carbocycles. The molecule has 130 valence electrons. The Labute approximate surface area is 153 Å². The van der Waals surface area contributed by atoms with E-state index >= 15 is 0 Å². The number of hydrogen-bond donors (Lipinski definition) is 1. The summed E-state index contributed by atoms with van der Waals surface area (Å²) in [4.78, 5) is 14.0. The molecule has 1 aliphatic carbocycles. The largest absolute Gasteiger partial charge is 0.294 e. The number of fused-ring (bicyclic) bond motifs is 1. The van der Waals surface area contributed by atoms with E-state index in [0.717, 1.165) is 23.4 Å². The monoisotopic (exact) mass is 378 g/mol. The van der Waals surface area contributed by atoms with Crippen molar-refractivity contribution in [1.82, 2.24) is 10.2 Å². The maximum atomic E-state index is 12.8. The fourth-order valence-corrected chi connectivity index (χ4v) is 8.31. The number of carbonyl (C=O) groups excluding carboxylic acids is 1. The number of nitrogens with one attached hydrogen (secondary N) is 1. The molecule has 3 nitrogen and oxygen atoms in total. The molecule has 24 heavy (non-hydrogen) atoms. The second-order valence-corrected chi connectivity index (χ2v) is 16.6. The highest BCUT2D eigenvalue weighted by molar-refractivity contribution is 8.01. The van der Waals surface area contributed by atoms with Crippen LogP contribution in [0, 0.1) is 5.41 Å². The zero-order valence-corrected chi connectivity index (χ0v) is 17.8. The van der Waals surface area contributed by atoms with E-state index in [2.05, 4.69) is 43.7 Å². The van der Waals surface area contributed by atoms with Crippen LogP contribution in [0.3, 0.4) is 0 Å². The van der Waals surface area contributed by atoms with Gasteiger partial charge in [-0.15, -0.1) is 23.1 Å². The smallest absolute Gasteiger partial charge is 0.165 e. The van der Waals surface area contributed by atoms with Gasteiger partial charge < -0.3 is 0 Å². The first-order valence-corrected chi connectivity index (χ1v) is 14.0. The summed E-state index contributed by atoms with van der Waals surface area (Å²) in [6, 6.07) is 3.29. The number of thiophene rings is 1. The molecule has 0 spiro atoms. The molecule has 1 aliphatic rings. The Morgan fingerprint density at radius 3 is 2.71 bits per heavy atom. The third-order valence-electron chi connectivity index (χ3n) is 4.38. The molecule has 0 amide bonds. The molecular formula is C18H26N2OS2Si. The molecule has 0 saturated heterocycles. The highest BCUT2D eigenvalue weighted by Gasteiger charge is 2.36. The van der Waals surface area contributed by atoms with Gasteiger partial charge in [0.25, 0.3) is 0 Å². The van der Waals surface area contributed by atoms with Gasteiger partial charge in [0.15, 0.2) is 5.78 Å². The number of rotatable bonds is 5. The highest BCUT2D eigenvalue weighted by Crippen LogP contribution is 2.48. The summed E-state index contributed by atoms with van der Waals surface area (Å²) in [5.74, 6) is 1.43. The first-order chi connectivity index (χ1) is 11.2. The number of thioether (sulfide) groups is 1. The third kappa shape index (κ3) is 3.86. The Kier molecular flexibility index (Phi) is 4.83. The van der Waals surface area contributed by atoms with Crippen molar-refractivity contribution in [2.24, 2.45) is 5.41 Å². The van der Waals surface area contributed by atoms with Crippen LogP contribution in [0.1, 0.15) is 36.2 Å². The van der Waals surface area contributed by atoms with Gasteiger partial charge in [0.1, 0.15) is 0 Å². The second kappa shape index (κ2) is 6.46. The quantitative estimate of drug-likeness (QED) is 0.534. The fraction of sp³-hybridized carbons (Fsp3) is 0.556. The van der Waals surface area contributed by atoms with E-state index in [1.807, 2.05) is 17.8 Å². The minimum absolute atomic E-state index is 0.0419. The van der Waals surface area contributed by atoms with E-state index in [9.17, 15) is 4.79 Å². The van der Waals surface area contributed by atoms with Gasteiger partial charge in [-0.3, -0.25) is 9.89 Å². The van der Waals surface area contributed by atoms with Gasteiger partial charge in [0.05, 0.1) is 14.8 Å². The van der Waals surface area contributed by atoms with Gasteiger partial charge in [0.2, 0.25) is 0 Å². The molecule has 3 rings (SSSR count). The normalized spacial score (nSPS) is 17.1. The lowest BCUT2D eigenvalue weighted by molar-refractivity contribution is 0.0910. The Morgan fingerprint density at radius 2 is 2.08 bits per heavy atom. The van der Waals surface area contributed by atoms with Crippen LogP contribution in [-0.2, 0) is 6.42 Å². The average molecular weight is 379 g/mol. The van der Waals surface area contributed by atoms with Crippen molar-refractivity contribution in [1.29, 1.82) is 0 Å². The first-order valence-electron chi connectivity index (χ1n) is 8.48. The minimum Gasteiger partial charge on any atom is -0.294 e. The van der Waals surface area contributed by atoms with Gasteiger partial charge >= 0.3 is 0 Å². The van der Waals surface area contributed by atoms with Crippen molar-refractivity contribution in [2.45, 2.75) is 56.6 Å². The van der Waals surface area contributed by atoms with E-state index in [0.29, 0.717) is 12.2 Å². The van der Waals surface area contributed by atoms with Crippen LogP contribution >= 0.6 is 23.1 Å². The molecule has 2 heterocycles. The van der Waals surface area contributed by atoms with Crippen molar-refractivity contribution >= 4 is 37.0 Å². The number of nitrogens with zero attached hydrogens (tertiary/aromatic N) is 1. The summed E-state index contributed by atoms with van der Waals surface area (Å²) in [5.41, 5.74) is 3.32. The maximum Gasteiger partial charge on any atom is 0.165 e. The van der Waals surface area contributed by atoms with Gasteiger partial charge in [-0.25, -0.2) is 0 Å². The molecule has 0 unspecified atom stereocenters. The zero-order valence-electron chi connectivity index (χ0n) is 15.2. The molecule has 0 bridgehead atoms. The Morgan fingerprint density at radius 1 is 1.33 bits per heavy atom. The Hall–Kier alpha value is -0.853. The van der Waals surface area contributed by atoms with Gasteiger partial charge in [-0.1, -0.05) is 33.5 Å². The van der Waals surface area contributed by atoms with Crippen LogP contribution in [0.2, 0.25) is 25.7 Å². The molecular weight excluding hydrogens is 352 g/mol. The number of aromatic nitrogens is 2. The lowest BCUT2D eigenvalue weighted by Gasteiger charge is -2.29. The van der Waals surface area contributed by atoms with Crippen LogP contribution in [0.15, 0.2) is 16.5 Å². The van der Waals surface area contributed by atoms with Crippen molar-refractivity contribution < 1.29 is 4.79 Å². The number of carbonyl (C=O) groups is 1. The summed E-state index contributed by atoms with van der Waals surface area (Å²) in [7, 11) is -1.05. The number of ketones is 1. The van der Waals surface area contributed by atoms with E-state index in [-0.39, 0.29) is 5.41 Å². The molecule has 2 aromatic rings. The van der Waals surface area contributed by atoms with E-state index < -0.39 is 8.07 Å². The van der Waals surface area contributed by atoms with Crippen LogP contribution < -0.4 is 0 Å². The second-order valence-electron chi connectivity index (χ2n) is 8.64. The summed E-state index contributed by atoms with van der Waals surface area (Å²) in [5, 5.41) is 7.19. The molecule has 0 aliphatic heterocycles. The molecule has 1 N–H and O–H groups in total. The first kappa shape index (κ1) is 18.0. The van der Waals surface area contributed by atoms with Crippen molar-refractivity contribution in [2.75, 3.05) is 5.75 Å². The summed E-state index contributed by atoms with van der Waals surface area (Å²) < 4.78 is 1.22.